The van der Waals surface area contributed by atoms with Gasteiger partial charge in [0, 0.05) is 5.56 Å². The molecule has 3 heterocycles. The van der Waals surface area contributed by atoms with Gasteiger partial charge in [-0.05, 0) is 49.4 Å². The molecule has 0 aliphatic carbocycles. The summed E-state index contributed by atoms with van der Waals surface area (Å²) in [7, 11) is 0. The summed E-state index contributed by atoms with van der Waals surface area (Å²) >= 11 is 6.33. The molecule has 5 rings (SSSR count). The standard InChI is InChI=1S/C24H18ClN3O5/c1-2-32-13-9-10-15(25)14(12-13)21(29)19-20(18-8-5-11-33-18)28(23(31)22(19)30)24-26-16-6-3-4-7-17(16)27-24/h3-12,20,29H,2H2,1H3,(H,26,27)/b21-19+. The molecule has 0 spiro atoms. The molecule has 1 amide bonds. The van der Waals surface area contributed by atoms with Gasteiger partial charge < -0.3 is 19.2 Å². The second-order valence-corrected chi connectivity index (χ2v) is 7.74. The number of Topliss-reactive ketones (excluding diaryl/α,β-unsaturated/α-hetero) is 1. The van der Waals surface area contributed by atoms with Crippen LogP contribution in [0.4, 0.5) is 5.95 Å². The van der Waals surface area contributed by atoms with E-state index in [-0.39, 0.29) is 27.9 Å². The lowest BCUT2D eigenvalue weighted by atomic mass is 9.99. The van der Waals surface area contributed by atoms with E-state index in [4.69, 9.17) is 20.8 Å². The Hall–Kier alpha value is -4.04. The van der Waals surface area contributed by atoms with Crippen molar-refractivity contribution in [3.05, 3.63) is 82.8 Å². The number of aromatic nitrogens is 2. The third kappa shape index (κ3) is 3.44. The zero-order valence-electron chi connectivity index (χ0n) is 17.4. The van der Waals surface area contributed by atoms with E-state index in [0.717, 1.165) is 0 Å². The largest absolute Gasteiger partial charge is 0.507 e. The maximum Gasteiger partial charge on any atom is 0.302 e. The molecule has 0 saturated carbocycles. The first kappa shape index (κ1) is 20.8. The number of para-hydroxylation sites is 2. The van der Waals surface area contributed by atoms with Crippen LogP contribution in [0.25, 0.3) is 16.8 Å². The lowest BCUT2D eigenvalue weighted by Crippen LogP contribution is -2.30. The maximum atomic E-state index is 13.2. The number of benzene rings is 2. The zero-order valence-corrected chi connectivity index (χ0v) is 18.2. The van der Waals surface area contributed by atoms with E-state index in [1.807, 2.05) is 25.1 Å². The van der Waals surface area contributed by atoms with E-state index in [1.54, 1.807) is 30.3 Å². The second kappa shape index (κ2) is 8.14. The molecular weight excluding hydrogens is 446 g/mol. The highest BCUT2D eigenvalue weighted by Crippen LogP contribution is 2.43. The first-order valence-corrected chi connectivity index (χ1v) is 10.6. The number of ketones is 1. The summed E-state index contributed by atoms with van der Waals surface area (Å²) in [5.74, 6) is -1.26. The average molecular weight is 464 g/mol. The molecule has 4 aromatic rings. The van der Waals surface area contributed by atoms with Gasteiger partial charge >= 0.3 is 5.91 Å². The number of nitrogens with zero attached hydrogens (tertiary/aromatic N) is 2. The van der Waals surface area contributed by atoms with E-state index in [1.165, 1.54) is 17.2 Å². The van der Waals surface area contributed by atoms with Crippen molar-refractivity contribution in [2.45, 2.75) is 13.0 Å². The van der Waals surface area contributed by atoms with Crippen LogP contribution in [0, 0.1) is 0 Å². The van der Waals surface area contributed by atoms with Gasteiger partial charge in [-0.3, -0.25) is 14.5 Å². The number of aliphatic hydroxyl groups excluding tert-OH is 1. The Morgan fingerprint density at radius 3 is 2.76 bits per heavy atom. The number of hydrogen-bond acceptors (Lipinski definition) is 6. The minimum absolute atomic E-state index is 0.160. The fourth-order valence-electron chi connectivity index (χ4n) is 3.91. The molecule has 1 saturated heterocycles. The molecule has 2 aromatic carbocycles. The van der Waals surface area contributed by atoms with Crippen molar-refractivity contribution >= 4 is 46.0 Å². The molecular formula is C24H18ClN3O5. The Bertz CT molecular complexity index is 1370. The number of imidazole rings is 1. The fraction of sp³-hybridized carbons (Fsp3) is 0.125. The molecule has 2 N–H and O–H groups in total. The Kier molecular flexibility index (Phi) is 5.14. The van der Waals surface area contributed by atoms with Gasteiger partial charge in [-0.15, -0.1) is 0 Å². The number of rotatable bonds is 5. The monoisotopic (exact) mass is 463 g/mol. The van der Waals surface area contributed by atoms with Gasteiger partial charge in [0.1, 0.15) is 23.3 Å². The molecule has 0 radical (unpaired) electrons. The summed E-state index contributed by atoms with van der Waals surface area (Å²) in [5, 5.41) is 11.4. The SMILES string of the molecule is CCOc1ccc(Cl)c(/C(O)=C2\C(=O)C(=O)N(c3nc4ccccc4[nH]3)C2c2ccco2)c1. The highest BCUT2D eigenvalue weighted by atomic mass is 35.5. The van der Waals surface area contributed by atoms with Crippen molar-refractivity contribution < 1.29 is 23.8 Å². The Morgan fingerprint density at radius 1 is 1.21 bits per heavy atom. The number of ether oxygens (including phenoxy) is 1. The molecule has 166 valence electrons. The summed E-state index contributed by atoms with van der Waals surface area (Å²) in [4.78, 5) is 35.1. The van der Waals surface area contributed by atoms with E-state index < -0.39 is 23.5 Å². The number of amides is 1. The smallest absolute Gasteiger partial charge is 0.302 e. The molecule has 1 atom stereocenters. The third-order valence-corrected chi connectivity index (χ3v) is 5.70. The predicted octanol–water partition coefficient (Wildman–Crippen LogP) is 4.83. The average Bonchev–Trinajstić information content (AvgIpc) is 3.53. The van der Waals surface area contributed by atoms with Gasteiger partial charge in [-0.1, -0.05) is 23.7 Å². The molecule has 33 heavy (non-hydrogen) atoms. The number of hydrogen-bond donors (Lipinski definition) is 2. The van der Waals surface area contributed by atoms with Crippen LogP contribution in [0.5, 0.6) is 5.75 Å². The first-order valence-electron chi connectivity index (χ1n) is 10.2. The van der Waals surface area contributed by atoms with Gasteiger partial charge in [-0.25, -0.2) is 4.98 Å². The fourth-order valence-corrected chi connectivity index (χ4v) is 4.11. The quantitative estimate of drug-likeness (QED) is 0.249. The van der Waals surface area contributed by atoms with Crippen LogP contribution in [0.15, 0.2) is 70.9 Å². The van der Waals surface area contributed by atoms with Crippen LogP contribution < -0.4 is 9.64 Å². The number of H-pyrrole nitrogens is 1. The highest BCUT2D eigenvalue weighted by Gasteiger charge is 2.49. The summed E-state index contributed by atoms with van der Waals surface area (Å²) in [6.07, 6.45) is 1.43. The zero-order chi connectivity index (χ0) is 23.1. The van der Waals surface area contributed by atoms with Gasteiger partial charge in [0.15, 0.2) is 0 Å². The van der Waals surface area contributed by atoms with E-state index in [9.17, 15) is 14.7 Å². The van der Waals surface area contributed by atoms with Crippen LogP contribution in [-0.2, 0) is 9.59 Å². The number of halogens is 1. The number of aromatic amines is 1. The minimum atomic E-state index is -1.05. The number of fused-ring (bicyclic) bond motifs is 1. The van der Waals surface area contributed by atoms with Crippen LogP contribution in [-0.4, -0.2) is 33.4 Å². The number of furan rings is 1. The second-order valence-electron chi connectivity index (χ2n) is 7.34. The number of carbonyl (C=O) groups excluding carboxylic acids is 2. The number of carbonyl (C=O) groups is 2. The molecule has 1 aliphatic rings. The lowest BCUT2D eigenvalue weighted by Gasteiger charge is -2.20. The van der Waals surface area contributed by atoms with Gasteiger partial charge in [0.25, 0.3) is 5.78 Å². The maximum absolute atomic E-state index is 13.2. The number of aliphatic hydroxyl groups is 1. The summed E-state index contributed by atoms with van der Waals surface area (Å²) < 4.78 is 11.1. The summed E-state index contributed by atoms with van der Waals surface area (Å²) in [6, 6.07) is 14.2. The van der Waals surface area contributed by atoms with Crippen LogP contribution >= 0.6 is 11.6 Å². The molecule has 8 nitrogen and oxygen atoms in total. The Labute approximate surface area is 193 Å². The van der Waals surface area contributed by atoms with Crippen molar-refractivity contribution in [2.75, 3.05) is 11.5 Å². The molecule has 9 heteroatoms. The Morgan fingerprint density at radius 2 is 2.03 bits per heavy atom. The van der Waals surface area contributed by atoms with Crippen molar-refractivity contribution in [3.8, 4) is 5.75 Å². The number of nitrogens with one attached hydrogen (secondary N) is 1. The van der Waals surface area contributed by atoms with E-state index in [2.05, 4.69) is 9.97 Å². The number of anilines is 1. The topological polar surface area (TPSA) is 109 Å². The van der Waals surface area contributed by atoms with Crippen LogP contribution in [0.3, 0.4) is 0 Å². The Balaban J connectivity index is 1.71. The third-order valence-electron chi connectivity index (χ3n) is 5.37. The van der Waals surface area contributed by atoms with Crippen LogP contribution in [0.1, 0.15) is 24.3 Å². The molecule has 1 aliphatic heterocycles. The van der Waals surface area contributed by atoms with Gasteiger partial charge in [-0.2, -0.15) is 0 Å². The molecule has 0 bridgehead atoms. The van der Waals surface area contributed by atoms with Gasteiger partial charge in [0.2, 0.25) is 5.95 Å². The van der Waals surface area contributed by atoms with Gasteiger partial charge in [0.05, 0.1) is 34.5 Å². The van der Waals surface area contributed by atoms with E-state index in [0.29, 0.717) is 23.4 Å². The van der Waals surface area contributed by atoms with Crippen LogP contribution in [0.2, 0.25) is 5.02 Å². The van der Waals surface area contributed by atoms with E-state index >= 15 is 0 Å². The normalized spacial score (nSPS) is 17.8. The summed E-state index contributed by atoms with van der Waals surface area (Å²) in [5.41, 5.74) is 1.33. The first-order chi connectivity index (χ1) is 16.0. The molecule has 1 unspecified atom stereocenters. The highest BCUT2D eigenvalue weighted by molar-refractivity contribution is 6.51. The molecule has 1 fully saturated rings. The van der Waals surface area contributed by atoms with Crippen molar-refractivity contribution in [3.63, 3.8) is 0 Å². The summed E-state index contributed by atoms with van der Waals surface area (Å²) in [6.45, 7) is 2.23. The van der Waals surface area contributed by atoms with Crippen molar-refractivity contribution in [2.24, 2.45) is 0 Å². The predicted molar refractivity (Wildman–Crippen MR) is 122 cm³/mol. The van der Waals surface area contributed by atoms with Crippen molar-refractivity contribution in [1.82, 2.24) is 9.97 Å². The molecule has 2 aromatic heterocycles. The lowest BCUT2D eigenvalue weighted by molar-refractivity contribution is -0.132. The van der Waals surface area contributed by atoms with Crippen molar-refractivity contribution in [1.29, 1.82) is 0 Å². The minimum Gasteiger partial charge on any atom is -0.507 e.